The first-order valence-corrected chi connectivity index (χ1v) is 5.52. The van der Waals surface area contributed by atoms with E-state index < -0.39 is 0 Å². The highest BCUT2D eigenvalue weighted by molar-refractivity contribution is 6.17. The molecule has 1 atom stereocenters. The van der Waals surface area contributed by atoms with Gasteiger partial charge in [0.1, 0.15) is 0 Å². The van der Waals surface area contributed by atoms with Crippen LogP contribution in [0.4, 0.5) is 0 Å². The van der Waals surface area contributed by atoms with E-state index in [1.807, 2.05) is 24.5 Å². The van der Waals surface area contributed by atoms with Gasteiger partial charge in [0.25, 0.3) is 0 Å². The van der Waals surface area contributed by atoms with Gasteiger partial charge in [0, 0.05) is 24.8 Å². The minimum atomic E-state index is 0.648. The van der Waals surface area contributed by atoms with Crippen molar-refractivity contribution in [1.29, 1.82) is 0 Å². The third kappa shape index (κ3) is 4.58. The van der Waals surface area contributed by atoms with E-state index in [-0.39, 0.29) is 0 Å². The molecule has 0 radical (unpaired) electrons. The number of nitrogens with zero attached hydrogens (tertiary/aromatic N) is 1. The third-order valence-electron chi connectivity index (χ3n) is 2.17. The molecule has 0 amide bonds. The molecule has 0 fully saturated rings. The highest BCUT2D eigenvalue weighted by Crippen LogP contribution is 2.02. The maximum absolute atomic E-state index is 5.66. The van der Waals surface area contributed by atoms with Gasteiger partial charge in [-0.15, -0.1) is 11.6 Å². The fourth-order valence-corrected chi connectivity index (χ4v) is 1.62. The van der Waals surface area contributed by atoms with Gasteiger partial charge >= 0.3 is 0 Å². The van der Waals surface area contributed by atoms with Crippen LogP contribution >= 0.6 is 11.6 Å². The van der Waals surface area contributed by atoms with Crippen molar-refractivity contribution in [2.24, 2.45) is 5.92 Å². The molecule has 0 aliphatic heterocycles. The summed E-state index contributed by atoms with van der Waals surface area (Å²) >= 11 is 5.66. The van der Waals surface area contributed by atoms with E-state index in [2.05, 4.69) is 17.2 Å². The molecule has 1 aromatic heterocycles. The highest BCUT2D eigenvalue weighted by atomic mass is 35.5. The number of nitrogens with one attached hydrogen (secondary N) is 1. The number of hydrogen-bond donors (Lipinski definition) is 1. The van der Waals surface area contributed by atoms with Crippen LogP contribution in [0.2, 0.25) is 0 Å². The molecule has 0 spiro atoms. The molecule has 1 aromatic rings. The van der Waals surface area contributed by atoms with Crippen molar-refractivity contribution >= 4 is 11.6 Å². The Balaban J connectivity index is 2.16. The van der Waals surface area contributed by atoms with Crippen LogP contribution in [0.15, 0.2) is 24.5 Å². The topological polar surface area (TPSA) is 24.9 Å². The van der Waals surface area contributed by atoms with Crippen molar-refractivity contribution in [3.8, 4) is 0 Å². The van der Waals surface area contributed by atoms with E-state index in [9.17, 15) is 0 Å². The van der Waals surface area contributed by atoms with Crippen LogP contribution in [0, 0.1) is 5.92 Å². The molecule has 0 saturated carbocycles. The largest absolute Gasteiger partial charge is 0.312 e. The Kier molecular flexibility index (Phi) is 5.57. The highest BCUT2D eigenvalue weighted by Gasteiger charge is 1.99. The predicted octanol–water partition coefficient (Wildman–Crippen LogP) is 2.44. The van der Waals surface area contributed by atoms with Crippen LogP contribution < -0.4 is 5.32 Å². The number of pyridine rings is 1. The summed E-state index contributed by atoms with van der Waals surface area (Å²) in [6, 6.07) is 4.05. The Morgan fingerprint density at radius 1 is 1.43 bits per heavy atom. The van der Waals surface area contributed by atoms with E-state index in [0.29, 0.717) is 5.92 Å². The molecule has 0 saturated heterocycles. The fourth-order valence-electron chi connectivity index (χ4n) is 1.25. The maximum Gasteiger partial charge on any atom is 0.0271 e. The van der Waals surface area contributed by atoms with Gasteiger partial charge in [-0.1, -0.05) is 6.92 Å². The minimum Gasteiger partial charge on any atom is -0.312 e. The molecule has 78 valence electrons. The van der Waals surface area contributed by atoms with Crippen LogP contribution in [0.25, 0.3) is 0 Å². The standard InChI is InChI=1S/C11H17ClN2/c1-10(2-5-12)8-14-9-11-3-6-13-7-4-11/h3-4,6-7,10,14H,2,5,8-9H2,1H3. The van der Waals surface area contributed by atoms with Crippen molar-refractivity contribution in [1.82, 2.24) is 10.3 Å². The summed E-state index contributed by atoms with van der Waals surface area (Å²) < 4.78 is 0. The minimum absolute atomic E-state index is 0.648. The number of hydrogen-bond acceptors (Lipinski definition) is 2. The van der Waals surface area contributed by atoms with E-state index in [4.69, 9.17) is 11.6 Å². The smallest absolute Gasteiger partial charge is 0.0271 e. The number of rotatable bonds is 6. The third-order valence-corrected chi connectivity index (χ3v) is 2.39. The van der Waals surface area contributed by atoms with Gasteiger partial charge in [-0.3, -0.25) is 4.98 Å². The second-order valence-corrected chi connectivity index (χ2v) is 3.95. The maximum atomic E-state index is 5.66. The van der Waals surface area contributed by atoms with Crippen LogP contribution in [0.1, 0.15) is 18.9 Å². The van der Waals surface area contributed by atoms with Gasteiger partial charge in [-0.05, 0) is 36.6 Å². The molecule has 0 aromatic carbocycles. The molecule has 1 heterocycles. The molecule has 0 aliphatic carbocycles. The Morgan fingerprint density at radius 2 is 2.14 bits per heavy atom. The lowest BCUT2D eigenvalue weighted by Crippen LogP contribution is -2.20. The molecule has 0 aliphatic rings. The van der Waals surface area contributed by atoms with E-state index in [1.165, 1.54) is 5.56 Å². The predicted molar refractivity (Wildman–Crippen MR) is 60.4 cm³/mol. The molecule has 1 unspecified atom stereocenters. The molecule has 3 heteroatoms. The van der Waals surface area contributed by atoms with Crippen LogP contribution in [0.3, 0.4) is 0 Å². The first-order valence-electron chi connectivity index (χ1n) is 4.98. The van der Waals surface area contributed by atoms with E-state index >= 15 is 0 Å². The van der Waals surface area contributed by atoms with Crippen molar-refractivity contribution < 1.29 is 0 Å². The Hall–Kier alpha value is -0.600. The summed E-state index contributed by atoms with van der Waals surface area (Å²) in [5, 5.41) is 3.40. The second kappa shape index (κ2) is 6.80. The van der Waals surface area contributed by atoms with Crippen molar-refractivity contribution in [2.45, 2.75) is 19.9 Å². The van der Waals surface area contributed by atoms with Crippen molar-refractivity contribution in [3.05, 3.63) is 30.1 Å². The van der Waals surface area contributed by atoms with Gasteiger partial charge in [-0.25, -0.2) is 0 Å². The Bertz CT molecular complexity index is 238. The monoisotopic (exact) mass is 212 g/mol. The van der Waals surface area contributed by atoms with Crippen molar-refractivity contribution in [3.63, 3.8) is 0 Å². The number of aromatic nitrogens is 1. The molecular formula is C11H17ClN2. The normalized spacial score (nSPS) is 12.7. The van der Waals surface area contributed by atoms with Gasteiger partial charge in [0.05, 0.1) is 0 Å². The zero-order chi connectivity index (χ0) is 10.2. The zero-order valence-corrected chi connectivity index (χ0v) is 9.30. The van der Waals surface area contributed by atoms with Gasteiger partial charge in [0.15, 0.2) is 0 Å². The average Bonchev–Trinajstić information content (AvgIpc) is 2.20. The van der Waals surface area contributed by atoms with Crippen LogP contribution in [0.5, 0.6) is 0 Å². The van der Waals surface area contributed by atoms with E-state index in [0.717, 1.165) is 25.4 Å². The number of halogens is 1. The summed E-state index contributed by atoms with van der Waals surface area (Å²) in [6.45, 7) is 4.14. The zero-order valence-electron chi connectivity index (χ0n) is 8.54. The lowest BCUT2D eigenvalue weighted by Gasteiger charge is -2.10. The summed E-state index contributed by atoms with van der Waals surface area (Å²) in [5.74, 6) is 1.40. The summed E-state index contributed by atoms with van der Waals surface area (Å²) in [5.41, 5.74) is 1.28. The quantitative estimate of drug-likeness (QED) is 0.733. The lowest BCUT2D eigenvalue weighted by molar-refractivity contribution is 0.502. The average molecular weight is 213 g/mol. The van der Waals surface area contributed by atoms with Crippen LogP contribution in [-0.2, 0) is 6.54 Å². The Morgan fingerprint density at radius 3 is 2.79 bits per heavy atom. The van der Waals surface area contributed by atoms with E-state index in [1.54, 1.807) is 0 Å². The molecule has 2 nitrogen and oxygen atoms in total. The number of alkyl halides is 1. The van der Waals surface area contributed by atoms with Gasteiger partial charge in [0.2, 0.25) is 0 Å². The Labute approximate surface area is 90.7 Å². The summed E-state index contributed by atoms with van der Waals surface area (Å²) in [6.07, 6.45) is 4.71. The molecule has 0 bridgehead atoms. The summed E-state index contributed by atoms with van der Waals surface area (Å²) in [7, 11) is 0. The molecule has 1 rings (SSSR count). The first kappa shape index (κ1) is 11.5. The van der Waals surface area contributed by atoms with Crippen molar-refractivity contribution in [2.75, 3.05) is 12.4 Å². The van der Waals surface area contributed by atoms with Crippen LogP contribution in [-0.4, -0.2) is 17.4 Å². The first-order chi connectivity index (χ1) is 6.83. The second-order valence-electron chi connectivity index (χ2n) is 3.57. The SMILES string of the molecule is CC(CCCl)CNCc1ccncc1. The van der Waals surface area contributed by atoms with Gasteiger partial charge in [-0.2, -0.15) is 0 Å². The summed E-state index contributed by atoms with van der Waals surface area (Å²) in [4.78, 5) is 3.97. The van der Waals surface area contributed by atoms with Gasteiger partial charge < -0.3 is 5.32 Å². The molecule has 14 heavy (non-hydrogen) atoms. The lowest BCUT2D eigenvalue weighted by atomic mass is 10.1. The fraction of sp³-hybridized carbons (Fsp3) is 0.545. The molecular weight excluding hydrogens is 196 g/mol. The molecule has 1 N–H and O–H groups in total.